The SMILES string of the molecule is Cc1ccc(NC(=O)Nc2ccccc2C(C)C)c(Br)c1. The van der Waals surface area contributed by atoms with E-state index in [0.717, 1.165) is 27.0 Å². The molecular weight excluding hydrogens is 328 g/mol. The number of amides is 2. The van der Waals surface area contributed by atoms with E-state index in [4.69, 9.17) is 0 Å². The summed E-state index contributed by atoms with van der Waals surface area (Å²) >= 11 is 3.46. The Hall–Kier alpha value is -1.81. The summed E-state index contributed by atoms with van der Waals surface area (Å²) in [6.07, 6.45) is 0. The van der Waals surface area contributed by atoms with Crippen molar-refractivity contribution in [2.45, 2.75) is 26.7 Å². The molecule has 2 aromatic carbocycles. The number of nitrogens with one attached hydrogen (secondary N) is 2. The first-order chi connectivity index (χ1) is 9.97. The maximum atomic E-state index is 12.2. The van der Waals surface area contributed by atoms with Crippen molar-refractivity contribution in [3.8, 4) is 0 Å². The Kier molecular flexibility index (Phi) is 5.02. The van der Waals surface area contributed by atoms with Crippen molar-refractivity contribution in [1.29, 1.82) is 0 Å². The normalized spacial score (nSPS) is 10.5. The Bertz CT molecular complexity index is 653. The number of anilines is 2. The predicted octanol–water partition coefficient (Wildman–Crippen LogP) is 5.52. The summed E-state index contributed by atoms with van der Waals surface area (Å²) in [6.45, 7) is 6.22. The van der Waals surface area contributed by atoms with Crippen molar-refractivity contribution in [2.75, 3.05) is 10.6 Å². The number of urea groups is 1. The number of carbonyl (C=O) groups excluding carboxylic acids is 1. The number of aryl methyl sites for hydroxylation is 1. The largest absolute Gasteiger partial charge is 0.323 e. The summed E-state index contributed by atoms with van der Waals surface area (Å²) in [4.78, 5) is 12.2. The average Bonchev–Trinajstić information content (AvgIpc) is 2.42. The molecule has 2 amide bonds. The van der Waals surface area contributed by atoms with Gasteiger partial charge in [0.15, 0.2) is 0 Å². The van der Waals surface area contributed by atoms with E-state index in [0.29, 0.717) is 5.92 Å². The standard InChI is InChI=1S/C17H19BrN2O/c1-11(2)13-6-4-5-7-15(13)19-17(21)20-16-9-8-12(3)10-14(16)18/h4-11H,1-3H3,(H2,19,20,21). The van der Waals surface area contributed by atoms with Gasteiger partial charge < -0.3 is 10.6 Å². The van der Waals surface area contributed by atoms with Gasteiger partial charge in [0.1, 0.15) is 0 Å². The number of rotatable bonds is 3. The zero-order valence-electron chi connectivity index (χ0n) is 12.4. The Morgan fingerprint density at radius 1 is 1.05 bits per heavy atom. The number of hydrogen-bond donors (Lipinski definition) is 2. The molecule has 0 aliphatic rings. The van der Waals surface area contributed by atoms with E-state index in [1.165, 1.54) is 0 Å². The minimum absolute atomic E-state index is 0.243. The Morgan fingerprint density at radius 2 is 1.71 bits per heavy atom. The molecule has 0 bridgehead atoms. The molecule has 0 spiro atoms. The first kappa shape index (κ1) is 15.6. The molecule has 0 aliphatic carbocycles. The number of benzene rings is 2. The maximum Gasteiger partial charge on any atom is 0.323 e. The van der Waals surface area contributed by atoms with Crippen LogP contribution in [0.2, 0.25) is 0 Å². The highest BCUT2D eigenvalue weighted by molar-refractivity contribution is 9.10. The lowest BCUT2D eigenvalue weighted by Gasteiger charge is -2.14. The number of para-hydroxylation sites is 1. The van der Waals surface area contributed by atoms with E-state index in [1.807, 2.05) is 49.4 Å². The summed E-state index contributed by atoms with van der Waals surface area (Å²) in [6, 6.07) is 13.4. The molecule has 0 radical (unpaired) electrons. The fraction of sp³-hybridized carbons (Fsp3) is 0.235. The van der Waals surface area contributed by atoms with Gasteiger partial charge in [0.25, 0.3) is 0 Å². The molecule has 2 aromatic rings. The second kappa shape index (κ2) is 6.76. The van der Waals surface area contributed by atoms with Crippen LogP contribution in [0.5, 0.6) is 0 Å². The lowest BCUT2D eigenvalue weighted by Crippen LogP contribution is -2.20. The Balaban J connectivity index is 2.12. The van der Waals surface area contributed by atoms with Crippen LogP contribution < -0.4 is 10.6 Å². The summed E-state index contributed by atoms with van der Waals surface area (Å²) in [5, 5.41) is 5.77. The van der Waals surface area contributed by atoms with Gasteiger partial charge in [-0.25, -0.2) is 4.79 Å². The lowest BCUT2D eigenvalue weighted by molar-refractivity contribution is 0.262. The molecule has 0 heterocycles. The average molecular weight is 347 g/mol. The molecule has 0 saturated heterocycles. The maximum absolute atomic E-state index is 12.2. The molecular formula is C17H19BrN2O. The lowest BCUT2D eigenvalue weighted by atomic mass is 10.0. The van der Waals surface area contributed by atoms with Gasteiger partial charge in [-0.1, -0.05) is 38.1 Å². The van der Waals surface area contributed by atoms with E-state index < -0.39 is 0 Å². The molecule has 4 heteroatoms. The highest BCUT2D eigenvalue weighted by Gasteiger charge is 2.10. The smallest absolute Gasteiger partial charge is 0.307 e. The van der Waals surface area contributed by atoms with Crippen molar-refractivity contribution in [2.24, 2.45) is 0 Å². The van der Waals surface area contributed by atoms with Crippen LogP contribution in [0.15, 0.2) is 46.9 Å². The third-order valence-corrected chi connectivity index (χ3v) is 3.86. The number of hydrogen-bond acceptors (Lipinski definition) is 1. The zero-order chi connectivity index (χ0) is 15.4. The van der Waals surface area contributed by atoms with Crippen LogP contribution in [0.1, 0.15) is 30.9 Å². The summed E-state index contributed by atoms with van der Waals surface area (Å²) < 4.78 is 0.870. The monoisotopic (exact) mass is 346 g/mol. The highest BCUT2D eigenvalue weighted by Crippen LogP contribution is 2.25. The van der Waals surface area contributed by atoms with Crippen molar-refractivity contribution in [1.82, 2.24) is 0 Å². The van der Waals surface area contributed by atoms with Gasteiger partial charge in [0, 0.05) is 10.2 Å². The summed E-state index contributed by atoms with van der Waals surface area (Å²) in [5.41, 5.74) is 3.85. The van der Waals surface area contributed by atoms with Gasteiger partial charge in [-0.2, -0.15) is 0 Å². The second-order valence-corrected chi connectivity index (χ2v) is 6.16. The fourth-order valence-electron chi connectivity index (χ4n) is 2.11. The quantitative estimate of drug-likeness (QED) is 0.754. The Morgan fingerprint density at radius 3 is 2.38 bits per heavy atom. The van der Waals surface area contributed by atoms with Gasteiger partial charge in [-0.05, 0) is 58.1 Å². The molecule has 0 aromatic heterocycles. The minimum Gasteiger partial charge on any atom is -0.307 e. The fourth-order valence-corrected chi connectivity index (χ4v) is 2.70. The highest BCUT2D eigenvalue weighted by atomic mass is 79.9. The van der Waals surface area contributed by atoms with Crippen LogP contribution >= 0.6 is 15.9 Å². The third-order valence-electron chi connectivity index (χ3n) is 3.20. The van der Waals surface area contributed by atoms with E-state index in [1.54, 1.807) is 0 Å². The second-order valence-electron chi connectivity index (χ2n) is 5.30. The van der Waals surface area contributed by atoms with Crippen molar-refractivity contribution in [3.63, 3.8) is 0 Å². The molecule has 0 fully saturated rings. The molecule has 3 nitrogen and oxygen atoms in total. The minimum atomic E-state index is -0.243. The van der Waals surface area contributed by atoms with Crippen LogP contribution in [0, 0.1) is 6.92 Å². The number of halogens is 1. The van der Waals surface area contributed by atoms with E-state index in [-0.39, 0.29) is 6.03 Å². The summed E-state index contributed by atoms with van der Waals surface area (Å²) in [5.74, 6) is 0.354. The molecule has 0 saturated carbocycles. The molecule has 0 unspecified atom stereocenters. The van der Waals surface area contributed by atoms with Gasteiger partial charge in [0.05, 0.1) is 5.69 Å². The van der Waals surface area contributed by atoms with Crippen LogP contribution in [0.25, 0.3) is 0 Å². The van der Waals surface area contributed by atoms with Gasteiger partial charge in [-0.3, -0.25) is 0 Å². The first-order valence-electron chi connectivity index (χ1n) is 6.90. The van der Waals surface area contributed by atoms with E-state index in [2.05, 4.69) is 40.4 Å². The van der Waals surface area contributed by atoms with E-state index >= 15 is 0 Å². The van der Waals surface area contributed by atoms with Crippen LogP contribution in [0.4, 0.5) is 16.2 Å². The molecule has 0 aliphatic heterocycles. The molecule has 2 rings (SSSR count). The van der Waals surface area contributed by atoms with Crippen LogP contribution in [-0.4, -0.2) is 6.03 Å². The van der Waals surface area contributed by atoms with Crippen LogP contribution in [0.3, 0.4) is 0 Å². The van der Waals surface area contributed by atoms with E-state index in [9.17, 15) is 4.79 Å². The third kappa shape index (κ3) is 4.08. The Labute approximate surface area is 133 Å². The molecule has 2 N–H and O–H groups in total. The van der Waals surface area contributed by atoms with Crippen LogP contribution in [-0.2, 0) is 0 Å². The van der Waals surface area contributed by atoms with Crippen molar-refractivity contribution < 1.29 is 4.79 Å². The molecule has 0 atom stereocenters. The van der Waals surface area contributed by atoms with Gasteiger partial charge in [0.2, 0.25) is 0 Å². The van der Waals surface area contributed by atoms with Crippen molar-refractivity contribution in [3.05, 3.63) is 58.1 Å². The summed E-state index contributed by atoms with van der Waals surface area (Å²) in [7, 11) is 0. The van der Waals surface area contributed by atoms with Crippen molar-refractivity contribution >= 4 is 33.3 Å². The zero-order valence-corrected chi connectivity index (χ0v) is 14.0. The predicted molar refractivity (Wildman–Crippen MR) is 92.1 cm³/mol. The molecule has 21 heavy (non-hydrogen) atoms. The van der Waals surface area contributed by atoms with Gasteiger partial charge >= 0.3 is 6.03 Å². The number of carbonyl (C=O) groups is 1. The topological polar surface area (TPSA) is 41.1 Å². The van der Waals surface area contributed by atoms with Gasteiger partial charge in [-0.15, -0.1) is 0 Å². The first-order valence-corrected chi connectivity index (χ1v) is 7.69. The molecule has 110 valence electrons.